The standard InChI is InChI=1S/C12H20N2O3/c1-4-6-7-10-11(16)14(8-9(3)15)12(17)13(10)5-2/h10H,4-8H2,1-3H3/t10-/m0/s1. The lowest BCUT2D eigenvalue weighted by Crippen LogP contribution is -2.36. The van der Waals surface area contributed by atoms with Crippen molar-refractivity contribution in [2.24, 2.45) is 0 Å². The lowest BCUT2D eigenvalue weighted by molar-refractivity contribution is -0.131. The van der Waals surface area contributed by atoms with Crippen LogP contribution in [0.5, 0.6) is 0 Å². The van der Waals surface area contributed by atoms with Crippen LogP contribution in [0.15, 0.2) is 0 Å². The Morgan fingerprint density at radius 2 is 1.94 bits per heavy atom. The van der Waals surface area contributed by atoms with Crippen molar-refractivity contribution in [1.82, 2.24) is 9.80 Å². The monoisotopic (exact) mass is 240 g/mol. The minimum absolute atomic E-state index is 0.100. The van der Waals surface area contributed by atoms with Gasteiger partial charge >= 0.3 is 6.03 Å². The number of likely N-dealkylation sites (N-methyl/N-ethyl adjacent to an activating group) is 1. The Labute approximate surface area is 102 Å². The predicted molar refractivity (Wildman–Crippen MR) is 63.5 cm³/mol. The average Bonchev–Trinajstić information content (AvgIpc) is 2.49. The molecule has 1 heterocycles. The van der Waals surface area contributed by atoms with E-state index in [9.17, 15) is 14.4 Å². The molecule has 1 rings (SSSR count). The number of ketones is 1. The summed E-state index contributed by atoms with van der Waals surface area (Å²) in [5.41, 5.74) is 0. The van der Waals surface area contributed by atoms with Crippen molar-refractivity contribution < 1.29 is 14.4 Å². The van der Waals surface area contributed by atoms with E-state index in [1.165, 1.54) is 6.92 Å². The van der Waals surface area contributed by atoms with Crippen molar-refractivity contribution >= 4 is 17.7 Å². The molecule has 5 heteroatoms. The van der Waals surface area contributed by atoms with E-state index in [1.54, 1.807) is 4.90 Å². The molecule has 3 amide bonds. The highest BCUT2D eigenvalue weighted by molar-refractivity contribution is 6.06. The van der Waals surface area contributed by atoms with Gasteiger partial charge in [-0.15, -0.1) is 0 Å². The normalized spacial score (nSPS) is 20.3. The molecule has 0 spiro atoms. The number of carbonyl (C=O) groups excluding carboxylic acids is 3. The van der Waals surface area contributed by atoms with Crippen LogP contribution in [-0.2, 0) is 9.59 Å². The van der Waals surface area contributed by atoms with Crippen molar-refractivity contribution in [1.29, 1.82) is 0 Å². The van der Waals surface area contributed by atoms with E-state index in [-0.39, 0.29) is 30.3 Å². The van der Waals surface area contributed by atoms with E-state index in [2.05, 4.69) is 0 Å². The van der Waals surface area contributed by atoms with Crippen LogP contribution in [0.25, 0.3) is 0 Å². The molecule has 17 heavy (non-hydrogen) atoms. The second-order valence-corrected chi connectivity index (χ2v) is 4.35. The van der Waals surface area contributed by atoms with E-state index in [4.69, 9.17) is 0 Å². The zero-order valence-electron chi connectivity index (χ0n) is 10.7. The molecule has 1 aliphatic rings. The molecule has 5 nitrogen and oxygen atoms in total. The van der Waals surface area contributed by atoms with Crippen molar-refractivity contribution in [3.63, 3.8) is 0 Å². The number of carbonyl (C=O) groups is 3. The number of hydrogen-bond acceptors (Lipinski definition) is 3. The fourth-order valence-corrected chi connectivity index (χ4v) is 2.10. The number of unbranched alkanes of at least 4 members (excludes halogenated alkanes) is 1. The molecule has 0 unspecified atom stereocenters. The van der Waals surface area contributed by atoms with E-state index in [1.807, 2.05) is 13.8 Å². The number of Topliss-reactive ketones (excluding diaryl/α,β-unsaturated/α-hetero) is 1. The van der Waals surface area contributed by atoms with Crippen molar-refractivity contribution in [3.8, 4) is 0 Å². The molecule has 0 N–H and O–H groups in total. The maximum atomic E-state index is 12.0. The molecule has 0 saturated carbocycles. The summed E-state index contributed by atoms with van der Waals surface area (Å²) >= 11 is 0. The van der Waals surface area contributed by atoms with Gasteiger partial charge in [0.25, 0.3) is 5.91 Å². The summed E-state index contributed by atoms with van der Waals surface area (Å²) in [6, 6.07) is -0.694. The molecule has 1 saturated heterocycles. The molecule has 0 bridgehead atoms. The Morgan fingerprint density at radius 3 is 2.41 bits per heavy atom. The Hall–Kier alpha value is -1.39. The molecule has 0 aromatic carbocycles. The van der Waals surface area contributed by atoms with Gasteiger partial charge in [-0.3, -0.25) is 14.5 Å². The highest BCUT2D eigenvalue weighted by Crippen LogP contribution is 2.21. The highest BCUT2D eigenvalue weighted by Gasteiger charge is 2.43. The van der Waals surface area contributed by atoms with Crippen LogP contribution < -0.4 is 0 Å². The van der Waals surface area contributed by atoms with Crippen LogP contribution >= 0.6 is 0 Å². The van der Waals surface area contributed by atoms with E-state index in [0.29, 0.717) is 13.0 Å². The van der Waals surface area contributed by atoms with Crippen LogP contribution in [0.4, 0.5) is 4.79 Å². The van der Waals surface area contributed by atoms with Crippen molar-refractivity contribution in [2.45, 2.75) is 46.1 Å². The predicted octanol–water partition coefficient (Wildman–Crippen LogP) is 1.42. The number of rotatable bonds is 6. The van der Waals surface area contributed by atoms with E-state index >= 15 is 0 Å². The number of nitrogens with zero attached hydrogens (tertiary/aromatic N) is 2. The van der Waals surface area contributed by atoms with Crippen LogP contribution in [-0.4, -0.2) is 46.7 Å². The summed E-state index contributed by atoms with van der Waals surface area (Å²) in [7, 11) is 0. The van der Waals surface area contributed by atoms with Crippen LogP contribution in [0, 0.1) is 0 Å². The SMILES string of the molecule is CCCC[C@H]1C(=O)N(CC(C)=O)C(=O)N1CC. The summed E-state index contributed by atoms with van der Waals surface area (Å²) in [6.07, 6.45) is 2.58. The Morgan fingerprint density at radius 1 is 1.29 bits per heavy atom. The maximum absolute atomic E-state index is 12.0. The molecule has 0 aromatic rings. The van der Waals surface area contributed by atoms with Gasteiger partial charge in [0.1, 0.15) is 11.8 Å². The van der Waals surface area contributed by atoms with Gasteiger partial charge in [0.2, 0.25) is 0 Å². The fraction of sp³-hybridized carbons (Fsp3) is 0.750. The Bertz CT molecular complexity index is 328. The van der Waals surface area contributed by atoms with Crippen molar-refractivity contribution in [3.05, 3.63) is 0 Å². The molecular weight excluding hydrogens is 220 g/mol. The fourth-order valence-electron chi connectivity index (χ4n) is 2.10. The van der Waals surface area contributed by atoms with Gasteiger partial charge in [0, 0.05) is 6.54 Å². The quantitative estimate of drug-likeness (QED) is 0.660. The molecule has 0 radical (unpaired) electrons. The van der Waals surface area contributed by atoms with Crippen LogP contribution in [0.1, 0.15) is 40.0 Å². The largest absolute Gasteiger partial charge is 0.327 e. The molecular formula is C12H20N2O3. The van der Waals surface area contributed by atoms with Gasteiger partial charge in [-0.05, 0) is 20.3 Å². The first-order valence-electron chi connectivity index (χ1n) is 6.14. The molecule has 1 aliphatic heterocycles. The van der Waals surface area contributed by atoms with Gasteiger partial charge in [0.05, 0.1) is 6.54 Å². The smallest absolute Gasteiger partial charge is 0.313 e. The first-order chi connectivity index (χ1) is 8.02. The van der Waals surface area contributed by atoms with E-state index < -0.39 is 0 Å². The van der Waals surface area contributed by atoms with Crippen LogP contribution in [0.2, 0.25) is 0 Å². The van der Waals surface area contributed by atoms with E-state index in [0.717, 1.165) is 17.7 Å². The topological polar surface area (TPSA) is 57.7 Å². The third-order valence-electron chi connectivity index (χ3n) is 2.96. The summed E-state index contributed by atoms with van der Waals surface area (Å²) in [4.78, 5) is 37.6. The molecule has 1 fully saturated rings. The van der Waals surface area contributed by atoms with Gasteiger partial charge < -0.3 is 4.90 Å². The third-order valence-corrected chi connectivity index (χ3v) is 2.96. The summed E-state index contributed by atoms with van der Waals surface area (Å²) in [5.74, 6) is -0.389. The second-order valence-electron chi connectivity index (χ2n) is 4.35. The molecule has 96 valence electrons. The first kappa shape index (κ1) is 13.7. The third kappa shape index (κ3) is 2.84. The van der Waals surface area contributed by atoms with Crippen LogP contribution in [0.3, 0.4) is 0 Å². The van der Waals surface area contributed by atoms with Gasteiger partial charge in [0.15, 0.2) is 0 Å². The first-order valence-corrected chi connectivity index (χ1v) is 6.14. The van der Waals surface area contributed by atoms with Crippen molar-refractivity contribution in [2.75, 3.05) is 13.1 Å². The lowest BCUT2D eigenvalue weighted by Gasteiger charge is -2.19. The lowest BCUT2D eigenvalue weighted by atomic mass is 10.1. The molecule has 0 aromatic heterocycles. The number of amides is 3. The highest BCUT2D eigenvalue weighted by atomic mass is 16.2. The minimum atomic E-state index is -0.369. The molecule has 1 atom stereocenters. The summed E-state index contributed by atoms with van der Waals surface area (Å²) in [6.45, 7) is 5.69. The Balaban J connectivity index is 2.81. The summed E-state index contributed by atoms with van der Waals surface area (Å²) < 4.78 is 0. The summed E-state index contributed by atoms with van der Waals surface area (Å²) in [5, 5.41) is 0. The van der Waals surface area contributed by atoms with Gasteiger partial charge in [-0.25, -0.2) is 4.79 Å². The second kappa shape index (κ2) is 5.80. The minimum Gasteiger partial charge on any atom is -0.313 e. The molecule has 0 aliphatic carbocycles. The van der Waals surface area contributed by atoms with Gasteiger partial charge in [-0.2, -0.15) is 0 Å². The number of imide groups is 1. The zero-order chi connectivity index (χ0) is 13.0. The van der Waals surface area contributed by atoms with Gasteiger partial charge in [-0.1, -0.05) is 19.8 Å². The zero-order valence-corrected chi connectivity index (χ0v) is 10.7. The number of urea groups is 1. The maximum Gasteiger partial charge on any atom is 0.327 e. The Kier molecular flexibility index (Phi) is 4.66. The average molecular weight is 240 g/mol. The number of hydrogen-bond donors (Lipinski definition) is 0.